The third kappa shape index (κ3) is 2.12. The number of benzene rings is 2. The second-order valence-corrected chi connectivity index (χ2v) is 4.61. The zero-order chi connectivity index (χ0) is 12.4. The van der Waals surface area contributed by atoms with Gasteiger partial charge in [0.25, 0.3) is 0 Å². The van der Waals surface area contributed by atoms with Crippen molar-refractivity contribution < 1.29 is 9.84 Å². The Morgan fingerprint density at radius 2 is 1.89 bits per heavy atom. The van der Waals surface area contributed by atoms with E-state index in [-0.39, 0.29) is 0 Å². The predicted octanol–water partition coefficient (Wildman–Crippen LogP) is 3.57. The highest BCUT2D eigenvalue weighted by atomic mass is 16.5. The Labute approximate surface area is 107 Å². The molecule has 0 bridgehead atoms. The van der Waals surface area contributed by atoms with E-state index in [4.69, 9.17) is 4.74 Å². The van der Waals surface area contributed by atoms with Gasteiger partial charge in [0.2, 0.25) is 0 Å². The van der Waals surface area contributed by atoms with Gasteiger partial charge in [0.1, 0.15) is 11.9 Å². The van der Waals surface area contributed by atoms with Gasteiger partial charge in [-0.05, 0) is 41.3 Å². The van der Waals surface area contributed by atoms with Crippen LogP contribution in [0.15, 0.2) is 54.3 Å². The van der Waals surface area contributed by atoms with Gasteiger partial charge in [-0.1, -0.05) is 36.4 Å². The molecule has 92 valence electrons. The van der Waals surface area contributed by atoms with Gasteiger partial charge in [0.15, 0.2) is 0 Å². The summed E-state index contributed by atoms with van der Waals surface area (Å²) in [5, 5.41) is 12.6. The van der Waals surface area contributed by atoms with E-state index < -0.39 is 6.10 Å². The minimum atomic E-state index is -0.644. The quantitative estimate of drug-likeness (QED) is 0.869. The van der Waals surface area contributed by atoms with E-state index in [2.05, 4.69) is 12.1 Å². The van der Waals surface area contributed by atoms with Gasteiger partial charge in [-0.25, -0.2) is 0 Å². The first-order valence-corrected chi connectivity index (χ1v) is 6.34. The topological polar surface area (TPSA) is 29.5 Å². The fourth-order valence-electron chi connectivity index (χ4n) is 2.31. The summed E-state index contributed by atoms with van der Waals surface area (Å²) in [6.07, 6.45) is 3.37. The lowest BCUT2D eigenvalue weighted by Gasteiger charge is -2.20. The molecule has 2 aromatic carbocycles. The summed E-state index contributed by atoms with van der Waals surface area (Å²) >= 11 is 0. The summed E-state index contributed by atoms with van der Waals surface area (Å²) in [6.45, 7) is 0.705. The fraction of sp³-hybridized carbons (Fsp3) is 0.250. The number of allylic oxidation sites excluding steroid dienone is 1. The van der Waals surface area contributed by atoms with Crippen LogP contribution in [-0.2, 0) is 4.74 Å². The Balaban J connectivity index is 1.96. The molecule has 0 aromatic heterocycles. The van der Waals surface area contributed by atoms with E-state index in [1.807, 2.05) is 36.4 Å². The van der Waals surface area contributed by atoms with Crippen LogP contribution >= 0.6 is 0 Å². The van der Waals surface area contributed by atoms with Crippen molar-refractivity contribution in [2.45, 2.75) is 18.9 Å². The molecule has 0 saturated heterocycles. The lowest BCUT2D eigenvalue weighted by Crippen LogP contribution is -2.09. The van der Waals surface area contributed by atoms with Crippen molar-refractivity contribution in [3.05, 3.63) is 59.9 Å². The zero-order valence-corrected chi connectivity index (χ0v) is 10.2. The molecule has 1 atom stereocenters. The number of aliphatic hydroxyl groups is 1. The summed E-state index contributed by atoms with van der Waals surface area (Å²) in [6, 6.07) is 14.2. The predicted molar refractivity (Wildman–Crippen MR) is 72.2 cm³/mol. The lowest BCUT2D eigenvalue weighted by atomic mass is 10.0. The standard InChI is InChI=1S/C16H16O2/c17-16(15-7-3-4-10-18-15)14-9-8-12-5-1-2-6-13(12)11-14/h1-2,5-9,11,16-17H,3-4,10H2. The van der Waals surface area contributed by atoms with Gasteiger partial charge in [-0.3, -0.25) is 0 Å². The molecular weight excluding hydrogens is 224 g/mol. The first kappa shape index (κ1) is 11.3. The molecule has 0 radical (unpaired) electrons. The molecule has 1 N–H and O–H groups in total. The van der Waals surface area contributed by atoms with Crippen LogP contribution in [0.1, 0.15) is 24.5 Å². The second kappa shape index (κ2) is 4.83. The van der Waals surface area contributed by atoms with Crippen LogP contribution in [0.2, 0.25) is 0 Å². The van der Waals surface area contributed by atoms with E-state index in [0.29, 0.717) is 12.4 Å². The molecule has 0 aliphatic carbocycles. The maximum Gasteiger partial charge on any atom is 0.136 e. The molecule has 1 unspecified atom stereocenters. The van der Waals surface area contributed by atoms with Crippen LogP contribution in [0.3, 0.4) is 0 Å². The van der Waals surface area contributed by atoms with E-state index in [1.165, 1.54) is 5.39 Å². The van der Waals surface area contributed by atoms with Gasteiger partial charge in [-0.2, -0.15) is 0 Å². The Morgan fingerprint density at radius 1 is 1.06 bits per heavy atom. The van der Waals surface area contributed by atoms with Gasteiger partial charge < -0.3 is 9.84 Å². The summed E-state index contributed by atoms with van der Waals surface area (Å²) < 4.78 is 5.52. The summed E-state index contributed by atoms with van der Waals surface area (Å²) in [5.74, 6) is 0.691. The van der Waals surface area contributed by atoms with Crippen LogP contribution in [-0.4, -0.2) is 11.7 Å². The van der Waals surface area contributed by atoms with Crippen molar-refractivity contribution in [2.24, 2.45) is 0 Å². The van der Waals surface area contributed by atoms with Crippen molar-refractivity contribution in [3.63, 3.8) is 0 Å². The van der Waals surface area contributed by atoms with Crippen molar-refractivity contribution >= 4 is 10.8 Å². The van der Waals surface area contributed by atoms with E-state index >= 15 is 0 Å². The molecule has 2 nitrogen and oxygen atoms in total. The highest BCUT2D eigenvalue weighted by molar-refractivity contribution is 5.83. The minimum Gasteiger partial charge on any atom is -0.495 e. The maximum atomic E-state index is 10.3. The SMILES string of the molecule is OC(C1=CCCCO1)c1ccc2ccccc2c1. The molecule has 0 saturated carbocycles. The summed E-state index contributed by atoms with van der Waals surface area (Å²) in [4.78, 5) is 0. The summed E-state index contributed by atoms with van der Waals surface area (Å²) in [7, 11) is 0. The van der Waals surface area contributed by atoms with Crippen LogP contribution in [0, 0.1) is 0 Å². The Morgan fingerprint density at radius 3 is 2.67 bits per heavy atom. The van der Waals surface area contributed by atoms with Crippen molar-refractivity contribution in [1.82, 2.24) is 0 Å². The Kier molecular flexibility index (Phi) is 3.03. The molecule has 0 amide bonds. The largest absolute Gasteiger partial charge is 0.495 e. The van der Waals surface area contributed by atoms with Crippen LogP contribution in [0.5, 0.6) is 0 Å². The number of hydrogen-bond acceptors (Lipinski definition) is 2. The van der Waals surface area contributed by atoms with E-state index in [1.54, 1.807) is 0 Å². The molecule has 1 aliphatic rings. The average Bonchev–Trinajstić information content (AvgIpc) is 2.47. The maximum absolute atomic E-state index is 10.3. The monoisotopic (exact) mass is 240 g/mol. The van der Waals surface area contributed by atoms with Crippen LogP contribution in [0.4, 0.5) is 0 Å². The number of fused-ring (bicyclic) bond motifs is 1. The van der Waals surface area contributed by atoms with Crippen LogP contribution in [0.25, 0.3) is 10.8 Å². The molecule has 0 spiro atoms. The number of ether oxygens (including phenoxy) is 1. The fourth-order valence-corrected chi connectivity index (χ4v) is 2.31. The van der Waals surface area contributed by atoms with E-state index in [9.17, 15) is 5.11 Å². The van der Waals surface area contributed by atoms with Gasteiger partial charge >= 0.3 is 0 Å². The van der Waals surface area contributed by atoms with Gasteiger partial charge in [-0.15, -0.1) is 0 Å². The third-order valence-corrected chi connectivity index (χ3v) is 3.32. The Hall–Kier alpha value is -1.80. The third-order valence-electron chi connectivity index (χ3n) is 3.32. The van der Waals surface area contributed by atoms with Crippen molar-refractivity contribution in [3.8, 4) is 0 Å². The molecule has 2 heteroatoms. The lowest BCUT2D eigenvalue weighted by molar-refractivity contribution is 0.0919. The molecule has 0 fully saturated rings. The van der Waals surface area contributed by atoms with Gasteiger partial charge in [0.05, 0.1) is 6.61 Å². The first-order valence-electron chi connectivity index (χ1n) is 6.34. The van der Waals surface area contributed by atoms with Crippen molar-refractivity contribution in [2.75, 3.05) is 6.61 Å². The molecular formula is C16H16O2. The number of aliphatic hydroxyl groups excluding tert-OH is 1. The number of rotatable bonds is 2. The molecule has 1 aliphatic heterocycles. The highest BCUT2D eigenvalue weighted by Gasteiger charge is 2.17. The zero-order valence-electron chi connectivity index (χ0n) is 10.2. The molecule has 2 aromatic rings. The normalized spacial score (nSPS) is 17.1. The first-order chi connectivity index (χ1) is 8.84. The molecule has 18 heavy (non-hydrogen) atoms. The smallest absolute Gasteiger partial charge is 0.136 e. The molecule has 3 rings (SSSR count). The van der Waals surface area contributed by atoms with Crippen molar-refractivity contribution in [1.29, 1.82) is 0 Å². The van der Waals surface area contributed by atoms with Gasteiger partial charge in [0, 0.05) is 0 Å². The Bertz CT molecular complexity index is 586. The van der Waals surface area contributed by atoms with Crippen LogP contribution < -0.4 is 0 Å². The highest BCUT2D eigenvalue weighted by Crippen LogP contribution is 2.28. The second-order valence-electron chi connectivity index (χ2n) is 4.61. The minimum absolute atomic E-state index is 0.644. The summed E-state index contributed by atoms with van der Waals surface area (Å²) in [5.41, 5.74) is 0.891. The number of hydrogen-bond donors (Lipinski definition) is 1. The average molecular weight is 240 g/mol. The van der Waals surface area contributed by atoms with E-state index in [0.717, 1.165) is 23.8 Å². The molecule has 1 heterocycles.